The van der Waals surface area contributed by atoms with Crippen LogP contribution in [0.25, 0.3) is 0 Å². The molecule has 1 aliphatic rings. The number of halogens is 1. The number of piperidine rings is 1. The molecule has 0 aliphatic carbocycles. The summed E-state index contributed by atoms with van der Waals surface area (Å²) in [4.78, 5) is 6.73. The fourth-order valence-corrected chi connectivity index (χ4v) is 3.02. The van der Waals surface area contributed by atoms with E-state index >= 15 is 0 Å². The van der Waals surface area contributed by atoms with E-state index < -0.39 is 0 Å². The van der Waals surface area contributed by atoms with Crippen molar-refractivity contribution in [3.63, 3.8) is 0 Å². The second-order valence-electron chi connectivity index (χ2n) is 5.68. The van der Waals surface area contributed by atoms with Crippen molar-refractivity contribution in [3.8, 4) is 5.75 Å². The summed E-state index contributed by atoms with van der Waals surface area (Å²) in [6, 6.07) is 8.15. The molecule has 1 aliphatic heterocycles. The van der Waals surface area contributed by atoms with E-state index in [1.165, 1.54) is 5.56 Å². The van der Waals surface area contributed by atoms with Gasteiger partial charge in [-0.3, -0.25) is 4.99 Å². The molecule has 1 aromatic rings. The maximum atomic E-state index is 5.71. The van der Waals surface area contributed by atoms with E-state index in [4.69, 9.17) is 9.47 Å². The van der Waals surface area contributed by atoms with Crippen molar-refractivity contribution in [2.75, 3.05) is 40.4 Å². The Balaban J connectivity index is 0.00000288. The van der Waals surface area contributed by atoms with Crippen LogP contribution in [-0.2, 0) is 11.2 Å². The lowest BCUT2D eigenvalue weighted by atomic mass is 10.1. The van der Waals surface area contributed by atoms with Crippen molar-refractivity contribution in [2.45, 2.75) is 32.3 Å². The summed E-state index contributed by atoms with van der Waals surface area (Å²) < 4.78 is 11.1. The third-order valence-corrected chi connectivity index (χ3v) is 4.23. The molecular weight excluding hydrogens is 417 g/mol. The first-order valence-corrected chi connectivity index (χ1v) is 8.47. The fraction of sp³-hybridized carbons (Fsp3) is 0.611. The quantitative estimate of drug-likeness (QED) is 0.414. The average Bonchev–Trinajstić information content (AvgIpc) is 2.60. The summed E-state index contributed by atoms with van der Waals surface area (Å²) in [6.07, 6.45) is 3.46. The third-order valence-electron chi connectivity index (χ3n) is 4.23. The van der Waals surface area contributed by atoms with Crippen LogP contribution >= 0.6 is 24.0 Å². The van der Waals surface area contributed by atoms with Gasteiger partial charge in [-0.1, -0.05) is 18.2 Å². The number of guanidine groups is 1. The van der Waals surface area contributed by atoms with Crippen molar-refractivity contribution >= 4 is 29.9 Å². The minimum atomic E-state index is 0. The Labute approximate surface area is 162 Å². The first kappa shape index (κ1) is 21.0. The molecule has 1 saturated heterocycles. The Hall–Kier alpha value is -1.02. The van der Waals surface area contributed by atoms with Gasteiger partial charge in [-0.05, 0) is 37.8 Å². The van der Waals surface area contributed by atoms with Crippen LogP contribution in [0.5, 0.6) is 5.75 Å². The molecule has 1 heterocycles. The van der Waals surface area contributed by atoms with E-state index in [0.717, 1.165) is 57.2 Å². The monoisotopic (exact) mass is 447 g/mol. The Bertz CT molecular complexity index is 503. The van der Waals surface area contributed by atoms with Gasteiger partial charge in [0, 0.05) is 33.3 Å². The molecule has 0 unspecified atom stereocenters. The number of nitrogens with zero attached hydrogens (tertiary/aromatic N) is 2. The van der Waals surface area contributed by atoms with Crippen molar-refractivity contribution in [1.82, 2.24) is 10.2 Å². The number of para-hydroxylation sites is 1. The molecule has 0 bridgehead atoms. The van der Waals surface area contributed by atoms with E-state index in [0.29, 0.717) is 6.10 Å². The minimum absolute atomic E-state index is 0. The molecule has 1 aromatic carbocycles. The van der Waals surface area contributed by atoms with Gasteiger partial charge in [-0.2, -0.15) is 0 Å². The molecule has 0 radical (unpaired) electrons. The highest BCUT2D eigenvalue weighted by Crippen LogP contribution is 2.17. The summed E-state index contributed by atoms with van der Waals surface area (Å²) in [7, 11) is 3.56. The SMILES string of the molecule is CCOC1CCN(C(=NC)NCCc2ccccc2OC)CC1.I. The number of hydrogen-bond acceptors (Lipinski definition) is 3. The predicted molar refractivity (Wildman–Crippen MR) is 110 cm³/mol. The molecule has 0 saturated carbocycles. The van der Waals surface area contributed by atoms with E-state index in [9.17, 15) is 0 Å². The fourth-order valence-electron chi connectivity index (χ4n) is 3.02. The Kier molecular flexibility index (Phi) is 10.1. The molecule has 1 fully saturated rings. The lowest BCUT2D eigenvalue weighted by molar-refractivity contribution is 0.0264. The van der Waals surface area contributed by atoms with Crippen molar-refractivity contribution in [1.29, 1.82) is 0 Å². The summed E-state index contributed by atoms with van der Waals surface area (Å²) in [6.45, 7) is 5.71. The standard InChI is InChI=1S/C18H29N3O2.HI/c1-4-23-16-10-13-21(14-11-16)18(19-2)20-12-9-15-7-5-6-8-17(15)22-3;/h5-8,16H,4,9-14H2,1-3H3,(H,19,20);1H. The number of rotatable bonds is 6. The summed E-state index contributed by atoms with van der Waals surface area (Å²) in [5, 5.41) is 3.47. The number of hydrogen-bond donors (Lipinski definition) is 1. The molecule has 0 spiro atoms. The zero-order valence-electron chi connectivity index (χ0n) is 15.0. The number of ether oxygens (including phenoxy) is 2. The lowest BCUT2D eigenvalue weighted by Gasteiger charge is -2.34. The van der Waals surface area contributed by atoms with Gasteiger partial charge in [-0.25, -0.2) is 0 Å². The molecule has 5 nitrogen and oxygen atoms in total. The lowest BCUT2D eigenvalue weighted by Crippen LogP contribution is -2.47. The Morgan fingerprint density at radius 2 is 2.00 bits per heavy atom. The molecule has 24 heavy (non-hydrogen) atoms. The van der Waals surface area contributed by atoms with Gasteiger partial charge < -0.3 is 19.7 Å². The van der Waals surface area contributed by atoms with Gasteiger partial charge in [0.25, 0.3) is 0 Å². The maximum absolute atomic E-state index is 5.71. The summed E-state index contributed by atoms with van der Waals surface area (Å²) >= 11 is 0. The minimum Gasteiger partial charge on any atom is -0.496 e. The highest BCUT2D eigenvalue weighted by atomic mass is 127. The number of benzene rings is 1. The van der Waals surface area contributed by atoms with E-state index in [1.54, 1.807) is 7.11 Å². The highest BCUT2D eigenvalue weighted by molar-refractivity contribution is 14.0. The molecule has 0 amide bonds. The van der Waals surface area contributed by atoms with Crippen molar-refractivity contribution in [3.05, 3.63) is 29.8 Å². The number of aliphatic imine (C=N–C) groups is 1. The molecule has 0 atom stereocenters. The van der Waals surface area contributed by atoms with Crippen LogP contribution < -0.4 is 10.1 Å². The van der Waals surface area contributed by atoms with Gasteiger partial charge in [-0.15, -0.1) is 24.0 Å². The van der Waals surface area contributed by atoms with E-state index in [2.05, 4.69) is 28.2 Å². The van der Waals surface area contributed by atoms with Gasteiger partial charge >= 0.3 is 0 Å². The topological polar surface area (TPSA) is 46.1 Å². The highest BCUT2D eigenvalue weighted by Gasteiger charge is 2.21. The molecule has 0 aromatic heterocycles. The van der Waals surface area contributed by atoms with Gasteiger partial charge in [0.15, 0.2) is 5.96 Å². The second-order valence-corrected chi connectivity index (χ2v) is 5.68. The molecule has 136 valence electrons. The second kappa shape index (κ2) is 11.5. The van der Waals surface area contributed by atoms with Crippen LogP contribution in [0, 0.1) is 0 Å². The van der Waals surface area contributed by atoms with E-state index in [-0.39, 0.29) is 24.0 Å². The largest absolute Gasteiger partial charge is 0.496 e. The van der Waals surface area contributed by atoms with Crippen LogP contribution in [0.4, 0.5) is 0 Å². The van der Waals surface area contributed by atoms with Crippen LogP contribution in [0.3, 0.4) is 0 Å². The number of likely N-dealkylation sites (tertiary alicyclic amines) is 1. The smallest absolute Gasteiger partial charge is 0.193 e. The third kappa shape index (κ3) is 6.12. The number of nitrogens with one attached hydrogen (secondary N) is 1. The van der Waals surface area contributed by atoms with Gasteiger partial charge in [0.1, 0.15) is 5.75 Å². The zero-order valence-corrected chi connectivity index (χ0v) is 17.3. The van der Waals surface area contributed by atoms with Crippen LogP contribution in [-0.4, -0.2) is 57.4 Å². The predicted octanol–water partition coefficient (Wildman–Crippen LogP) is 2.93. The Morgan fingerprint density at radius 3 is 2.62 bits per heavy atom. The summed E-state index contributed by atoms with van der Waals surface area (Å²) in [5.74, 6) is 1.93. The van der Waals surface area contributed by atoms with Crippen LogP contribution in [0.15, 0.2) is 29.3 Å². The van der Waals surface area contributed by atoms with E-state index in [1.807, 2.05) is 25.2 Å². The molecule has 2 rings (SSSR count). The molecular formula is C18H30IN3O2. The molecule has 1 N–H and O–H groups in total. The van der Waals surface area contributed by atoms with Gasteiger partial charge in [0.05, 0.1) is 13.2 Å². The number of methoxy groups -OCH3 is 1. The first-order valence-electron chi connectivity index (χ1n) is 8.47. The average molecular weight is 447 g/mol. The zero-order chi connectivity index (χ0) is 16.5. The van der Waals surface area contributed by atoms with Crippen molar-refractivity contribution < 1.29 is 9.47 Å². The molecule has 6 heteroatoms. The van der Waals surface area contributed by atoms with Crippen LogP contribution in [0.2, 0.25) is 0 Å². The summed E-state index contributed by atoms with van der Waals surface area (Å²) in [5.41, 5.74) is 1.22. The Morgan fingerprint density at radius 1 is 1.29 bits per heavy atom. The maximum Gasteiger partial charge on any atom is 0.193 e. The van der Waals surface area contributed by atoms with Crippen molar-refractivity contribution in [2.24, 2.45) is 4.99 Å². The normalized spacial score (nSPS) is 15.8. The first-order chi connectivity index (χ1) is 11.3. The van der Waals surface area contributed by atoms with Crippen LogP contribution in [0.1, 0.15) is 25.3 Å². The van der Waals surface area contributed by atoms with Gasteiger partial charge in [0.2, 0.25) is 0 Å².